The zero-order valence-electron chi connectivity index (χ0n) is 16.1. The molecule has 4 rings (SSSR count). The van der Waals surface area contributed by atoms with Crippen LogP contribution in [0, 0.1) is 11.6 Å². The molecule has 2 aromatic carbocycles. The summed E-state index contributed by atoms with van der Waals surface area (Å²) in [6.07, 6.45) is 1.37. The van der Waals surface area contributed by atoms with Crippen LogP contribution in [0.3, 0.4) is 0 Å². The van der Waals surface area contributed by atoms with E-state index in [1.807, 2.05) is 6.07 Å². The third-order valence-electron chi connectivity index (χ3n) is 4.79. The Bertz CT molecular complexity index is 1330. The molecule has 0 saturated carbocycles. The highest BCUT2D eigenvalue weighted by atomic mass is 19.1. The molecule has 0 saturated heterocycles. The van der Waals surface area contributed by atoms with Crippen LogP contribution in [-0.2, 0) is 17.8 Å². The van der Waals surface area contributed by atoms with Crippen LogP contribution in [0.1, 0.15) is 5.56 Å². The summed E-state index contributed by atoms with van der Waals surface area (Å²) in [5.74, 6) is -1.42. The van der Waals surface area contributed by atoms with Crippen molar-refractivity contribution in [1.29, 1.82) is 0 Å². The van der Waals surface area contributed by atoms with Crippen LogP contribution in [-0.4, -0.2) is 32.4 Å². The van der Waals surface area contributed by atoms with E-state index < -0.39 is 22.9 Å². The van der Waals surface area contributed by atoms with Gasteiger partial charge in [-0.2, -0.15) is 0 Å². The maximum atomic E-state index is 14.2. The minimum absolute atomic E-state index is 0.0465. The molecule has 30 heavy (non-hydrogen) atoms. The van der Waals surface area contributed by atoms with Gasteiger partial charge in [0.05, 0.1) is 31.7 Å². The first kappa shape index (κ1) is 19.7. The third-order valence-corrected chi connectivity index (χ3v) is 4.79. The molecule has 0 aliphatic heterocycles. The number of benzene rings is 2. The number of hydrogen-bond donors (Lipinski definition) is 0. The standard InChI is InChI=1S/C21H18F2N4O3/c1-30-10-9-26-20(28)18-19(27(21(26)29)16-5-3-2-4-6-16)24-13-25(18)12-14-7-8-15(22)11-17(14)23/h2-8,11,13H,9-10,12H2,1H3. The Morgan fingerprint density at radius 3 is 2.53 bits per heavy atom. The van der Waals surface area contributed by atoms with E-state index in [1.165, 1.54) is 28.6 Å². The van der Waals surface area contributed by atoms with Crippen LogP contribution in [0.5, 0.6) is 0 Å². The second-order valence-electron chi connectivity index (χ2n) is 6.68. The zero-order valence-corrected chi connectivity index (χ0v) is 16.1. The Morgan fingerprint density at radius 1 is 1.07 bits per heavy atom. The lowest BCUT2D eigenvalue weighted by Gasteiger charge is -2.12. The maximum Gasteiger partial charge on any atom is 0.337 e. The number of hydrogen-bond acceptors (Lipinski definition) is 4. The van der Waals surface area contributed by atoms with Gasteiger partial charge in [0.2, 0.25) is 0 Å². The highest BCUT2D eigenvalue weighted by Gasteiger charge is 2.19. The van der Waals surface area contributed by atoms with Crippen LogP contribution in [0.2, 0.25) is 0 Å². The molecule has 0 radical (unpaired) electrons. The highest BCUT2D eigenvalue weighted by Crippen LogP contribution is 2.16. The molecule has 2 aromatic heterocycles. The molecule has 4 aromatic rings. The van der Waals surface area contributed by atoms with Gasteiger partial charge in [0.15, 0.2) is 11.2 Å². The van der Waals surface area contributed by atoms with E-state index in [9.17, 15) is 18.4 Å². The van der Waals surface area contributed by atoms with Gasteiger partial charge < -0.3 is 9.30 Å². The molecule has 9 heteroatoms. The number of halogens is 2. The van der Waals surface area contributed by atoms with Gasteiger partial charge in [0, 0.05) is 18.7 Å². The van der Waals surface area contributed by atoms with Crippen molar-refractivity contribution in [3.63, 3.8) is 0 Å². The third kappa shape index (κ3) is 3.43. The van der Waals surface area contributed by atoms with E-state index in [0.29, 0.717) is 5.69 Å². The summed E-state index contributed by atoms with van der Waals surface area (Å²) >= 11 is 0. The van der Waals surface area contributed by atoms with Gasteiger partial charge in [-0.25, -0.2) is 23.1 Å². The van der Waals surface area contributed by atoms with Gasteiger partial charge in [0.1, 0.15) is 11.6 Å². The number of ether oxygens (including phenoxy) is 1. The number of aromatic nitrogens is 4. The molecule has 0 aliphatic rings. The van der Waals surface area contributed by atoms with Crippen molar-refractivity contribution < 1.29 is 13.5 Å². The average molecular weight is 412 g/mol. The van der Waals surface area contributed by atoms with E-state index in [1.54, 1.807) is 24.3 Å². The van der Waals surface area contributed by atoms with E-state index in [2.05, 4.69) is 4.98 Å². The van der Waals surface area contributed by atoms with Crippen molar-refractivity contribution in [3.8, 4) is 5.69 Å². The van der Waals surface area contributed by atoms with Crippen molar-refractivity contribution in [2.24, 2.45) is 0 Å². The van der Waals surface area contributed by atoms with Crippen LogP contribution >= 0.6 is 0 Å². The van der Waals surface area contributed by atoms with Gasteiger partial charge in [-0.1, -0.05) is 24.3 Å². The molecule has 0 bridgehead atoms. The SMILES string of the molecule is COCCn1c(=O)c2c(ncn2Cc2ccc(F)cc2F)n(-c2ccccc2)c1=O. The minimum atomic E-state index is -0.729. The second-order valence-corrected chi connectivity index (χ2v) is 6.68. The lowest BCUT2D eigenvalue weighted by molar-refractivity contribution is 0.184. The molecule has 0 fully saturated rings. The first-order valence-electron chi connectivity index (χ1n) is 9.20. The molecule has 7 nitrogen and oxygen atoms in total. The van der Waals surface area contributed by atoms with Crippen molar-refractivity contribution >= 4 is 11.2 Å². The van der Waals surface area contributed by atoms with E-state index in [-0.39, 0.29) is 36.4 Å². The Balaban J connectivity index is 1.96. The molecular weight excluding hydrogens is 394 g/mol. The Labute approximate surface area is 169 Å². The van der Waals surface area contributed by atoms with Gasteiger partial charge >= 0.3 is 5.69 Å². The molecule has 154 valence electrons. The van der Waals surface area contributed by atoms with Crippen molar-refractivity contribution in [2.75, 3.05) is 13.7 Å². The maximum absolute atomic E-state index is 14.2. The first-order chi connectivity index (χ1) is 14.5. The van der Waals surface area contributed by atoms with E-state index in [4.69, 9.17) is 4.74 Å². The summed E-state index contributed by atoms with van der Waals surface area (Å²) in [6.45, 7) is 0.165. The van der Waals surface area contributed by atoms with Crippen LogP contribution in [0.4, 0.5) is 8.78 Å². The van der Waals surface area contributed by atoms with E-state index >= 15 is 0 Å². The number of methoxy groups -OCH3 is 1. The van der Waals surface area contributed by atoms with Crippen molar-refractivity contribution in [3.05, 3.63) is 92.9 Å². The van der Waals surface area contributed by atoms with Gasteiger partial charge in [0.25, 0.3) is 5.56 Å². The van der Waals surface area contributed by atoms with Crippen molar-refractivity contribution in [1.82, 2.24) is 18.7 Å². The minimum Gasteiger partial charge on any atom is -0.383 e. The fourth-order valence-corrected chi connectivity index (χ4v) is 3.32. The topological polar surface area (TPSA) is 71.1 Å². The highest BCUT2D eigenvalue weighted by molar-refractivity contribution is 5.72. The number of imidazole rings is 1. The van der Waals surface area contributed by atoms with Crippen LogP contribution < -0.4 is 11.2 Å². The first-order valence-corrected chi connectivity index (χ1v) is 9.20. The average Bonchev–Trinajstić information content (AvgIpc) is 3.14. The summed E-state index contributed by atoms with van der Waals surface area (Å²) in [5, 5.41) is 0. The number of nitrogens with zero attached hydrogens (tertiary/aromatic N) is 4. The number of fused-ring (bicyclic) bond motifs is 1. The number of rotatable bonds is 6. The van der Waals surface area contributed by atoms with Gasteiger partial charge in [-0.3, -0.25) is 9.36 Å². The summed E-state index contributed by atoms with van der Waals surface area (Å²) in [6, 6.07) is 12.0. The Hall–Kier alpha value is -3.59. The summed E-state index contributed by atoms with van der Waals surface area (Å²) in [7, 11) is 1.47. The smallest absolute Gasteiger partial charge is 0.337 e. The second kappa shape index (κ2) is 8.03. The summed E-state index contributed by atoms with van der Waals surface area (Å²) < 4.78 is 36.3. The fourth-order valence-electron chi connectivity index (χ4n) is 3.32. The lowest BCUT2D eigenvalue weighted by Crippen LogP contribution is -2.41. The molecule has 0 N–H and O–H groups in total. The Kier molecular flexibility index (Phi) is 5.28. The molecule has 2 heterocycles. The van der Waals surface area contributed by atoms with Gasteiger partial charge in [-0.05, 0) is 18.2 Å². The van der Waals surface area contributed by atoms with Crippen LogP contribution in [0.15, 0.2) is 64.4 Å². The Morgan fingerprint density at radius 2 is 1.83 bits per heavy atom. The quantitative estimate of drug-likeness (QED) is 0.487. The molecule has 0 spiro atoms. The normalized spacial score (nSPS) is 11.3. The fraction of sp³-hybridized carbons (Fsp3) is 0.190. The van der Waals surface area contributed by atoms with Crippen LogP contribution in [0.25, 0.3) is 16.9 Å². The summed E-state index contributed by atoms with van der Waals surface area (Å²) in [5.41, 5.74) is -0.0771. The molecule has 0 atom stereocenters. The predicted octanol–water partition coefficient (Wildman–Crippen LogP) is 2.32. The zero-order chi connectivity index (χ0) is 21.3. The molecule has 0 amide bonds. The molecule has 0 aliphatic carbocycles. The summed E-state index contributed by atoms with van der Waals surface area (Å²) in [4.78, 5) is 30.5. The lowest BCUT2D eigenvalue weighted by atomic mass is 10.2. The van der Waals surface area contributed by atoms with Crippen molar-refractivity contribution in [2.45, 2.75) is 13.1 Å². The number of para-hydroxylation sites is 1. The molecular formula is C21H18F2N4O3. The predicted molar refractivity (Wildman–Crippen MR) is 107 cm³/mol. The monoisotopic (exact) mass is 412 g/mol. The van der Waals surface area contributed by atoms with E-state index in [0.717, 1.165) is 16.7 Å². The van der Waals surface area contributed by atoms with Gasteiger partial charge in [-0.15, -0.1) is 0 Å². The molecule has 0 unspecified atom stereocenters. The largest absolute Gasteiger partial charge is 0.383 e.